The Balaban J connectivity index is 1.28. The molecule has 1 atom stereocenters. The predicted octanol–water partition coefficient (Wildman–Crippen LogP) is 4.16. The maximum atomic E-state index is 13.4. The monoisotopic (exact) mass is 546 g/mol. The number of pyridine rings is 1. The lowest BCUT2D eigenvalue weighted by molar-refractivity contribution is 0.555. The molecule has 0 bridgehead atoms. The minimum atomic E-state index is -0.532. The van der Waals surface area contributed by atoms with Crippen LogP contribution in [-0.4, -0.2) is 39.7 Å². The van der Waals surface area contributed by atoms with Crippen LogP contribution in [0.2, 0.25) is 10.2 Å². The average Bonchev–Trinajstić information content (AvgIpc) is 3.69. The van der Waals surface area contributed by atoms with E-state index in [0.29, 0.717) is 56.9 Å². The van der Waals surface area contributed by atoms with Gasteiger partial charge in [0.15, 0.2) is 5.58 Å². The number of H-pyrrole nitrogens is 2. The molecule has 1 aliphatic heterocycles. The molecule has 0 amide bonds. The third-order valence-corrected chi connectivity index (χ3v) is 7.20. The summed E-state index contributed by atoms with van der Waals surface area (Å²) in [5.41, 5.74) is 5.04. The molecule has 1 aliphatic rings. The van der Waals surface area contributed by atoms with Crippen molar-refractivity contribution in [3.63, 3.8) is 0 Å². The number of nitrogens with zero attached hydrogens (tertiary/aromatic N) is 6. The number of oxazole rings is 1. The molecule has 5 heterocycles. The number of rotatable bonds is 4. The van der Waals surface area contributed by atoms with Crippen molar-refractivity contribution in [2.75, 3.05) is 0 Å². The first-order valence-corrected chi connectivity index (χ1v) is 12.4. The first-order chi connectivity index (χ1) is 18.4. The van der Waals surface area contributed by atoms with Crippen molar-refractivity contribution in [2.24, 2.45) is 0 Å². The Hall–Kier alpha value is -4.48. The zero-order valence-electron chi connectivity index (χ0n) is 19.4. The Kier molecular flexibility index (Phi) is 5.10. The van der Waals surface area contributed by atoms with Gasteiger partial charge in [0, 0.05) is 27.9 Å². The van der Waals surface area contributed by atoms with Crippen LogP contribution in [0.4, 0.5) is 0 Å². The predicted molar refractivity (Wildman–Crippen MR) is 140 cm³/mol. The average molecular weight is 547 g/mol. The highest BCUT2D eigenvalue weighted by Crippen LogP contribution is 2.36. The van der Waals surface area contributed by atoms with Gasteiger partial charge < -0.3 is 14.0 Å². The SMILES string of the molecule is O=c1[nH]c2ccc(-c3nc(C4CCc5cc(-c6cc(Cl)ccc6-n6cnnn6)cc(=O)n54)[nH]c3Cl)cc2o1. The zero-order valence-corrected chi connectivity index (χ0v) is 20.9. The molecule has 1 unspecified atom stereocenters. The van der Waals surface area contributed by atoms with Crippen LogP contribution in [-0.2, 0) is 6.42 Å². The normalized spacial score (nSPS) is 14.8. The molecule has 0 saturated carbocycles. The minimum absolute atomic E-state index is 0.174. The van der Waals surface area contributed by atoms with E-state index < -0.39 is 5.76 Å². The number of fused-ring (bicyclic) bond motifs is 2. The summed E-state index contributed by atoms with van der Waals surface area (Å²) in [6, 6.07) is 13.8. The van der Waals surface area contributed by atoms with Crippen molar-refractivity contribution >= 4 is 34.3 Å². The Bertz CT molecular complexity index is 1970. The Morgan fingerprint density at radius 3 is 2.74 bits per heavy atom. The van der Waals surface area contributed by atoms with E-state index in [1.165, 1.54) is 11.0 Å². The number of aryl methyl sites for hydroxylation is 1. The van der Waals surface area contributed by atoms with E-state index in [0.717, 1.165) is 16.8 Å². The molecule has 2 N–H and O–H groups in total. The summed E-state index contributed by atoms with van der Waals surface area (Å²) >= 11 is 12.8. The van der Waals surface area contributed by atoms with Crippen molar-refractivity contribution in [1.82, 2.24) is 39.7 Å². The van der Waals surface area contributed by atoms with E-state index in [4.69, 9.17) is 32.6 Å². The molecule has 188 valence electrons. The number of nitrogens with one attached hydrogen (secondary N) is 2. The molecule has 0 spiro atoms. The van der Waals surface area contributed by atoms with E-state index in [2.05, 4.69) is 25.5 Å². The fourth-order valence-corrected chi connectivity index (χ4v) is 5.45. The van der Waals surface area contributed by atoms with Crippen LogP contribution < -0.4 is 11.3 Å². The van der Waals surface area contributed by atoms with Crippen LogP contribution in [0.1, 0.15) is 24.0 Å². The standard InChI is InChI=1S/C25H16Cl2N8O3/c26-14-2-5-18(34-11-28-32-33-34)16(10-14)13-7-15-3-6-19(35(15)21(36)9-13)24-30-22(23(27)31-24)12-1-4-17-20(8-12)38-25(37)29-17/h1-2,4-5,7-11,19H,3,6H2,(H,29,37)(H,30,31). The lowest BCUT2D eigenvalue weighted by Gasteiger charge is -2.15. The first-order valence-electron chi connectivity index (χ1n) is 11.6. The largest absolute Gasteiger partial charge is 0.417 e. The van der Waals surface area contributed by atoms with Gasteiger partial charge >= 0.3 is 5.76 Å². The number of hydrogen-bond donors (Lipinski definition) is 2. The second kappa shape index (κ2) is 8.54. The molecule has 2 aromatic carbocycles. The number of imidazole rings is 1. The van der Waals surface area contributed by atoms with Crippen LogP contribution >= 0.6 is 23.2 Å². The highest BCUT2D eigenvalue weighted by molar-refractivity contribution is 6.32. The lowest BCUT2D eigenvalue weighted by Crippen LogP contribution is -2.24. The summed E-state index contributed by atoms with van der Waals surface area (Å²) in [6.45, 7) is 0. The zero-order chi connectivity index (χ0) is 26.0. The molecular formula is C25H16Cl2N8O3. The number of aromatic amines is 2. The Labute approximate surface area is 222 Å². The van der Waals surface area contributed by atoms with Crippen LogP contribution in [0, 0.1) is 0 Å². The number of aromatic nitrogens is 8. The Morgan fingerprint density at radius 1 is 1.00 bits per heavy atom. The molecule has 4 aromatic heterocycles. The molecule has 11 nitrogen and oxygen atoms in total. The van der Waals surface area contributed by atoms with Crippen molar-refractivity contribution in [3.8, 4) is 28.1 Å². The quantitative estimate of drug-likeness (QED) is 0.338. The fourth-order valence-electron chi connectivity index (χ4n) is 5.03. The number of tetrazole rings is 1. The molecule has 0 aliphatic carbocycles. The summed E-state index contributed by atoms with van der Waals surface area (Å²) in [6.07, 6.45) is 2.83. The molecular weight excluding hydrogens is 531 g/mol. The minimum Gasteiger partial charge on any atom is -0.408 e. The smallest absolute Gasteiger partial charge is 0.408 e. The van der Waals surface area contributed by atoms with Gasteiger partial charge in [0.25, 0.3) is 5.56 Å². The summed E-state index contributed by atoms with van der Waals surface area (Å²) in [5.74, 6) is 0.0430. The van der Waals surface area contributed by atoms with Crippen molar-refractivity contribution in [3.05, 3.63) is 97.5 Å². The van der Waals surface area contributed by atoms with Crippen LogP contribution in [0.5, 0.6) is 0 Å². The first kappa shape index (κ1) is 22.7. The highest BCUT2D eigenvalue weighted by atomic mass is 35.5. The summed E-state index contributed by atoms with van der Waals surface area (Å²) in [4.78, 5) is 35.5. The van der Waals surface area contributed by atoms with Gasteiger partial charge in [-0.1, -0.05) is 29.3 Å². The van der Waals surface area contributed by atoms with Crippen LogP contribution in [0.15, 0.2) is 68.9 Å². The summed E-state index contributed by atoms with van der Waals surface area (Å²) < 4.78 is 8.43. The molecule has 0 fully saturated rings. The molecule has 7 rings (SSSR count). The lowest BCUT2D eigenvalue weighted by atomic mass is 10.0. The number of hydrogen-bond acceptors (Lipinski definition) is 7. The van der Waals surface area contributed by atoms with E-state index in [9.17, 15) is 9.59 Å². The molecule has 0 saturated heterocycles. The maximum absolute atomic E-state index is 13.4. The molecule has 13 heteroatoms. The second-order valence-electron chi connectivity index (χ2n) is 8.92. The van der Waals surface area contributed by atoms with Crippen LogP contribution in [0.3, 0.4) is 0 Å². The van der Waals surface area contributed by atoms with Gasteiger partial charge in [0.1, 0.15) is 23.0 Å². The van der Waals surface area contributed by atoms with Gasteiger partial charge in [-0.05, 0) is 65.2 Å². The van der Waals surface area contributed by atoms with Gasteiger partial charge in [-0.15, -0.1) is 5.10 Å². The maximum Gasteiger partial charge on any atom is 0.417 e. The second-order valence-corrected chi connectivity index (χ2v) is 9.74. The third kappa shape index (κ3) is 3.66. The Morgan fingerprint density at radius 2 is 1.89 bits per heavy atom. The molecule has 6 aromatic rings. The molecule has 38 heavy (non-hydrogen) atoms. The number of halogens is 2. The van der Waals surface area contributed by atoms with Crippen LogP contribution in [0.25, 0.3) is 39.2 Å². The van der Waals surface area contributed by atoms with Crippen molar-refractivity contribution < 1.29 is 4.42 Å². The van der Waals surface area contributed by atoms with Gasteiger partial charge in [0.2, 0.25) is 0 Å². The topological polar surface area (TPSA) is 140 Å². The number of benzene rings is 2. The van der Waals surface area contributed by atoms with Crippen molar-refractivity contribution in [1.29, 1.82) is 0 Å². The highest BCUT2D eigenvalue weighted by Gasteiger charge is 2.29. The summed E-state index contributed by atoms with van der Waals surface area (Å²) in [5, 5.41) is 12.3. The third-order valence-electron chi connectivity index (χ3n) is 6.69. The van der Waals surface area contributed by atoms with Gasteiger partial charge in [0.05, 0.1) is 17.2 Å². The van der Waals surface area contributed by atoms with E-state index in [1.54, 1.807) is 41.0 Å². The van der Waals surface area contributed by atoms with Gasteiger partial charge in [-0.3, -0.25) is 9.78 Å². The van der Waals surface area contributed by atoms with E-state index in [-0.39, 0.29) is 11.6 Å². The van der Waals surface area contributed by atoms with Gasteiger partial charge in [-0.25, -0.2) is 9.78 Å². The molecule has 0 radical (unpaired) electrons. The van der Waals surface area contributed by atoms with E-state index in [1.807, 2.05) is 12.1 Å². The van der Waals surface area contributed by atoms with E-state index >= 15 is 0 Å². The van der Waals surface area contributed by atoms with Gasteiger partial charge in [-0.2, -0.15) is 4.68 Å². The summed E-state index contributed by atoms with van der Waals surface area (Å²) in [7, 11) is 0. The van der Waals surface area contributed by atoms with Crippen molar-refractivity contribution in [2.45, 2.75) is 18.9 Å². The fraction of sp³-hybridized carbons (Fsp3) is 0.120.